The van der Waals surface area contributed by atoms with Gasteiger partial charge in [0.05, 0.1) is 16.9 Å². The van der Waals surface area contributed by atoms with Crippen molar-refractivity contribution in [2.75, 3.05) is 21.3 Å². The lowest BCUT2D eigenvalue weighted by Gasteiger charge is -2.14. The summed E-state index contributed by atoms with van der Waals surface area (Å²) in [6.45, 7) is 1.91. The second-order valence-corrected chi connectivity index (χ2v) is 8.26. The largest absolute Gasteiger partial charge is 0.362 e. The van der Waals surface area contributed by atoms with Gasteiger partial charge in [0, 0.05) is 40.6 Å². The molecule has 1 aliphatic rings. The second-order valence-electron chi connectivity index (χ2n) is 8.26. The summed E-state index contributed by atoms with van der Waals surface area (Å²) >= 11 is 0. The van der Waals surface area contributed by atoms with E-state index in [1.807, 2.05) is 43.3 Å². The quantitative estimate of drug-likeness (QED) is 0.209. The Morgan fingerprint density at radius 1 is 0.917 bits per heavy atom. The number of rotatable bonds is 5. The molecule has 1 aromatic heterocycles. The Morgan fingerprint density at radius 2 is 1.75 bits per heavy atom. The maximum absolute atomic E-state index is 13.8. The number of amides is 3. The molecule has 0 saturated heterocycles. The van der Waals surface area contributed by atoms with Gasteiger partial charge in [0.25, 0.3) is 5.91 Å². The van der Waals surface area contributed by atoms with Crippen LogP contribution in [0.1, 0.15) is 16.8 Å². The second kappa shape index (κ2) is 9.38. The molecule has 3 aromatic carbocycles. The van der Waals surface area contributed by atoms with Crippen LogP contribution in [0.15, 0.2) is 72.9 Å². The van der Waals surface area contributed by atoms with Gasteiger partial charge in [0.15, 0.2) is 0 Å². The number of aromatic amines is 1. The van der Waals surface area contributed by atoms with E-state index in [1.165, 1.54) is 0 Å². The third kappa shape index (κ3) is 4.80. The van der Waals surface area contributed by atoms with Crippen LogP contribution >= 0.6 is 0 Å². The van der Waals surface area contributed by atoms with Crippen molar-refractivity contribution in [3.05, 3.63) is 101 Å². The molecule has 1 aliphatic heterocycles. The first-order valence-corrected chi connectivity index (χ1v) is 11.1. The highest BCUT2D eigenvalue weighted by Crippen LogP contribution is 2.36. The minimum Gasteiger partial charge on any atom is -0.362 e. The SMILES string of the molecule is Cc1ccc(NC(=O)Nc2ccc(F)cc2F)cc1Nc1ccc2c(c1)NC(=O)C2=Cc1ccc[nH]1. The summed E-state index contributed by atoms with van der Waals surface area (Å²) in [7, 11) is 0. The smallest absolute Gasteiger partial charge is 0.323 e. The summed E-state index contributed by atoms with van der Waals surface area (Å²) in [5.74, 6) is -1.78. The van der Waals surface area contributed by atoms with Crippen molar-refractivity contribution in [1.82, 2.24) is 4.98 Å². The van der Waals surface area contributed by atoms with E-state index in [9.17, 15) is 18.4 Å². The third-order valence-electron chi connectivity index (χ3n) is 5.68. The van der Waals surface area contributed by atoms with Crippen LogP contribution in [0.5, 0.6) is 0 Å². The molecule has 4 aromatic rings. The molecule has 180 valence electrons. The zero-order valence-electron chi connectivity index (χ0n) is 19.1. The van der Waals surface area contributed by atoms with Crippen LogP contribution in [0.25, 0.3) is 11.6 Å². The van der Waals surface area contributed by atoms with Crippen molar-refractivity contribution in [3.63, 3.8) is 0 Å². The number of hydrogen-bond donors (Lipinski definition) is 5. The van der Waals surface area contributed by atoms with Gasteiger partial charge in [-0.2, -0.15) is 0 Å². The lowest BCUT2D eigenvalue weighted by molar-refractivity contribution is -0.110. The fourth-order valence-electron chi connectivity index (χ4n) is 3.87. The molecule has 0 saturated carbocycles. The van der Waals surface area contributed by atoms with Crippen LogP contribution in [-0.2, 0) is 4.79 Å². The normalized spacial score (nSPS) is 13.3. The number of aromatic nitrogens is 1. The monoisotopic (exact) mass is 485 g/mol. The number of H-pyrrole nitrogens is 1. The zero-order valence-corrected chi connectivity index (χ0v) is 19.1. The predicted octanol–water partition coefficient (Wildman–Crippen LogP) is 6.48. The molecule has 0 aliphatic carbocycles. The Morgan fingerprint density at radius 3 is 2.53 bits per heavy atom. The number of hydrogen-bond acceptors (Lipinski definition) is 3. The fourth-order valence-corrected chi connectivity index (χ4v) is 3.87. The molecule has 3 amide bonds. The summed E-state index contributed by atoms with van der Waals surface area (Å²) in [5, 5.41) is 11.2. The molecule has 36 heavy (non-hydrogen) atoms. The highest BCUT2D eigenvalue weighted by atomic mass is 19.1. The van der Waals surface area contributed by atoms with E-state index in [-0.39, 0.29) is 11.6 Å². The molecule has 0 fully saturated rings. The molecule has 0 unspecified atom stereocenters. The standard InChI is InChI=1S/C27H21F2N5O2/c1-15-4-6-19(32-27(36)34-23-9-5-16(28)11-22(23)29)13-24(15)31-18-7-8-20-21(12-17-3-2-10-30-17)26(35)33-25(20)14-18/h2-14,30-31H,1H3,(H,33,35)(H2,32,34,36). The number of nitrogens with one attached hydrogen (secondary N) is 5. The van der Waals surface area contributed by atoms with Crippen molar-refractivity contribution < 1.29 is 18.4 Å². The van der Waals surface area contributed by atoms with E-state index < -0.39 is 17.7 Å². The van der Waals surface area contributed by atoms with Gasteiger partial charge in [0.2, 0.25) is 0 Å². The first-order valence-electron chi connectivity index (χ1n) is 11.1. The van der Waals surface area contributed by atoms with Gasteiger partial charge in [-0.25, -0.2) is 13.6 Å². The average molecular weight is 485 g/mol. The number of benzene rings is 3. The molecule has 0 bridgehead atoms. The Hall–Kier alpha value is -4.92. The summed E-state index contributed by atoms with van der Waals surface area (Å²) in [6.07, 6.45) is 3.60. The number of halogens is 2. The lowest BCUT2D eigenvalue weighted by Crippen LogP contribution is -2.20. The van der Waals surface area contributed by atoms with Crippen molar-refractivity contribution in [1.29, 1.82) is 0 Å². The summed E-state index contributed by atoms with van der Waals surface area (Å²) in [6, 6.07) is 16.8. The molecule has 5 rings (SSSR count). The predicted molar refractivity (Wildman–Crippen MR) is 137 cm³/mol. The Kier molecular flexibility index (Phi) is 5.95. The van der Waals surface area contributed by atoms with Crippen molar-refractivity contribution in [2.45, 2.75) is 6.92 Å². The van der Waals surface area contributed by atoms with E-state index in [1.54, 1.807) is 24.4 Å². The maximum Gasteiger partial charge on any atom is 0.323 e. The highest BCUT2D eigenvalue weighted by molar-refractivity contribution is 6.35. The first kappa shape index (κ1) is 22.9. The molecular weight excluding hydrogens is 464 g/mol. The fraction of sp³-hybridized carbons (Fsp3) is 0.0370. The molecule has 2 heterocycles. The van der Waals surface area contributed by atoms with Crippen LogP contribution in [0.4, 0.5) is 42.0 Å². The Balaban J connectivity index is 1.31. The topological polar surface area (TPSA) is 98.0 Å². The highest BCUT2D eigenvalue weighted by Gasteiger charge is 2.24. The van der Waals surface area contributed by atoms with Gasteiger partial charge in [0.1, 0.15) is 11.6 Å². The molecule has 9 heteroatoms. The van der Waals surface area contributed by atoms with Crippen LogP contribution in [0.3, 0.4) is 0 Å². The first-order chi connectivity index (χ1) is 17.4. The minimum absolute atomic E-state index is 0.135. The summed E-state index contributed by atoms with van der Waals surface area (Å²) in [5.41, 5.74) is 5.62. The minimum atomic E-state index is -0.869. The lowest BCUT2D eigenvalue weighted by atomic mass is 10.1. The number of carbonyl (C=O) groups is 2. The molecule has 0 atom stereocenters. The number of fused-ring (bicyclic) bond motifs is 1. The number of aryl methyl sites for hydroxylation is 1. The molecule has 7 nitrogen and oxygen atoms in total. The van der Waals surface area contributed by atoms with Crippen LogP contribution in [0.2, 0.25) is 0 Å². The van der Waals surface area contributed by atoms with E-state index in [2.05, 4.69) is 26.3 Å². The Labute approximate surface area is 205 Å². The van der Waals surface area contributed by atoms with Gasteiger partial charge < -0.3 is 26.3 Å². The van der Waals surface area contributed by atoms with Crippen LogP contribution in [-0.4, -0.2) is 16.9 Å². The van der Waals surface area contributed by atoms with Gasteiger partial charge in [-0.15, -0.1) is 0 Å². The summed E-state index contributed by atoms with van der Waals surface area (Å²) in [4.78, 5) is 27.9. The summed E-state index contributed by atoms with van der Waals surface area (Å²) < 4.78 is 26.9. The zero-order chi connectivity index (χ0) is 25.2. The van der Waals surface area contributed by atoms with Gasteiger partial charge in [-0.05, 0) is 67.1 Å². The molecule has 5 N–H and O–H groups in total. The van der Waals surface area contributed by atoms with E-state index in [0.29, 0.717) is 23.0 Å². The van der Waals surface area contributed by atoms with E-state index in [4.69, 9.17) is 0 Å². The van der Waals surface area contributed by atoms with Crippen LogP contribution in [0, 0.1) is 18.6 Å². The molecule has 0 spiro atoms. The van der Waals surface area contributed by atoms with E-state index in [0.717, 1.165) is 40.3 Å². The average Bonchev–Trinajstić information content (AvgIpc) is 3.46. The Bertz CT molecular complexity index is 1510. The van der Waals surface area contributed by atoms with Crippen molar-refractivity contribution >= 4 is 52.0 Å². The molecular formula is C27H21F2N5O2. The number of anilines is 5. The number of urea groups is 1. The van der Waals surface area contributed by atoms with Gasteiger partial charge in [-0.1, -0.05) is 12.1 Å². The number of carbonyl (C=O) groups excluding carboxylic acids is 2. The van der Waals surface area contributed by atoms with Gasteiger partial charge in [-0.3, -0.25) is 4.79 Å². The molecule has 0 radical (unpaired) electrons. The maximum atomic E-state index is 13.8. The van der Waals surface area contributed by atoms with E-state index >= 15 is 0 Å². The third-order valence-corrected chi connectivity index (χ3v) is 5.68. The van der Waals surface area contributed by atoms with Crippen molar-refractivity contribution in [3.8, 4) is 0 Å². The van der Waals surface area contributed by atoms with Gasteiger partial charge >= 0.3 is 6.03 Å². The van der Waals surface area contributed by atoms with Crippen LogP contribution < -0.4 is 21.3 Å². The van der Waals surface area contributed by atoms with Crippen molar-refractivity contribution in [2.24, 2.45) is 0 Å².